The molecule has 3 N–H and O–H groups in total. The Bertz CT molecular complexity index is 397. The molecule has 0 bridgehead atoms. The molecule has 1 aromatic heterocycles. The van der Waals surface area contributed by atoms with Crippen LogP contribution in [0.4, 0.5) is 0 Å². The Labute approximate surface area is 88.1 Å². The minimum atomic E-state index is -0.783. The second-order valence-corrected chi connectivity index (χ2v) is 4.24. The minimum Gasteiger partial charge on any atom is -0.481 e. The molecule has 0 spiro atoms. The monoisotopic (exact) mass is 206 g/mol. The highest BCUT2D eigenvalue weighted by molar-refractivity contribution is 5.83. The number of nitrogens with two attached hydrogens (primary N) is 1. The van der Waals surface area contributed by atoms with E-state index in [1.807, 2.05) is 13.0 Å². The van der Waals surface area contributed by atoms with Crippen LogP contribution in [-0.4, -0.2) is 22.1 Å². The standard InChI is InChI=1S/C11H14N2O2/c1-7-4-8(2-3-13-7)11(10(14)15)5-9(12)6-11/h2-4,9H,5-6,12H2,1H3,(H,14,15). The zero-order valence-electron chi connectivity index (χ0n) is 8.60. The lowest BCUT2D eigenvalue weighted by molar-refractivity contribution is -0.148. The van der Waals surface area contributed by atoms with Gasteiger partial charge in [0.15, 0.2) is 0 Å². The molecule has 0 atom stereocenters. The summed E-state index contributed by atoms with van der Waals surface area (Å²) >= 11 is 0. The lowest BCUT2D eigenvalue weighted by atomic mass is 9.62. The molecule has 1 aliphatic carbocycles. The molecular weight excluding hydrogens is 192 g/mol. The Morgan fingerprint density at radius 3 is 2.80 bits per heavy atom. The zero-order valence-corrected chi connectivity index (χ0v) is 8.60. The van der Waals surface area contributed by atoms with Crippen molar-refractivity contribution in [3.8, 4) is 0 Å². The van der Waals surface area contributed by atoms with Crippen molar-refractivity contribution in [1.82, 2.24) is 4.98 Å². The highest BCUT2D eigenvalue weighted by Gasteiger charge is 2.50. The summed E-state index contributed by atoms with van der Waals surface area (Å²) in [6, 6.07) is 3.61. The molecule has 0 aromatic carbocycles. The van der Waals surface area contributed by atoms with E-state index in [1.165, 1.54) is 0 Å². The van der Waals surface area contributed by atoms with E-state index in [9.17, 15) is 9.90 Å². The summed E-state index contributed by atoms with van der Waals surface area (Å²) in [5, 5.41) is 9.27. The molecule has 15 heavy (non-hydrogen) atoms. The third kappa shape index (κ3) is 1.51. The van der Waals surface area contributed by atoms with Crippen molar-refractivity contribution in [2.45, 2.75) is 31.2 Å². The molecular formula is C11H14N2O2. The van der Waals surface area contributed by atoms with Crippen LogP contribution in [-0.2, 0) is 10.2 Å². The number of carboxylic acids is 1. The van der Waals surface area contributed by atoms with Crippen molar-refractivity contribution in [2.24, 2.45) is 5.73 Å². The van der Waals surface area contributed by atoms with E-state index < -0.39 is 11.4 Å². The fourth-order valence-electron chi connectivity index (χ4n) is 2.21. The number of aliphatic carboxylic acids is 1. The van der Waals surface area contributed by atoms with Gasteiger partial charge in [0.25, 0.3) is 0 Å². The van der Waals surface area contributed by atoms with Gasteiger partial charge in [-0.25, -0.2) is 0 Å². The average Bonchev–Trinajstić information content (AvgIpc) is 2.12. The Kier molecular flexibility index (Phi) is 2.23. The van der Waals surface area contributed by atoms with Crippen molar-refractivity contribution in [2.75, 3.05) is 0 Å². The topological polar surface area (TPSA) is 76.2 Å². The normalized spacial score (nSPS) is 29.6. The van der Waals surface area contributed by atoms with E-state index in [-0.39, 0.29) is 6.04 Å². The van der Waals surface area contributed by atoms with Gasteiger partial charge in [-0.2, -0.15) is 0 Å². The van der Waals surface area contributed by atoms with E-state index in [2.05, 4.69) is 4.98 Å². The average molecular weight is 206 g/mol. The van der Waals surface area contributed by atoms with Crippen LogP contribution in [0.1, 0.15) is 24.1 Å². The number of aryl methyl sites for hydroxylation is 1. The quantitative estimate of drug-likeness (QED) is 0.751. The predicted octanol–water partition coefficient (Wildman–Crippen LogP) is 0.834. The second kappa shape index (κ2) is 3.31. The number of pyridine rings is 1. The van der Waals surface area contributed by atoms with Gasteiger partial charge < -0.3 is 10.8 Å². The van der Waals surface area contributed by atoms with Crippen molar-refractivity contribution in [3.63, 3.8) is 0 Å². The van der Waals surface area contributed by atoms with E-state index in [4.69, 9.17) is 5.73 Å². The molecule has 0 aliphatic heterocycles. The third-order valence-corrected chi connectivity index (χ3v) is 3.08. The van der Waals surface area contributed by atoms with Crippen LogP contribution in [0, 0.1) is 6.92 Å². The lowest BCUT2D eigenvalue weighted by Crippen LogP contribution is -2.54. The smallest absolute Gasteiger partial charge is 0.314 e. The summed E-state index contributed by atoms with van der Waals surface area (Å²) in [5.41, 5.74) is 6.58. The molecule has 0 radical (unpaired) electrons. The Balaban J connectivity index is 2.39. The molecule has 2 rings (SSSR count). The van der Waals surface area contributed by atoms with Crippen LogP contribution >= 0.6 is 0 Å². The summed E-state index contributed by atoms with van der Waals surface area (Å²) in [4.78, 5) is 15.4. The van der Waals surface area contributed by atoms with Gasteiger partial charge in [0.1, 0.15) is 0 Å². The van der Waals surface area contributed by atoms with E-state index in [1.54, 1.807) is 12.3 Å². The van der Waals surface area contributed by atoms with Gasteiger partial charge >= 0.3 is 5.97 Å². The van der Waals surface area contributed by atoms with Crippen LogP contribution in [0.3, 0.4) is 0 Å². The fourth-order valence-corrected chi connectivity index (χ4v) is 2.21. The first kappa shape index (κ1) is 10.1. The molecule has 1 aromatic rings. The van der Waals surface area contributed by atoms with E-state index >= 15 is 0 Å². The zero-order chi connectivity index (χ0) is 11.1. The van der Waals surface area contributed by atoms with Gasteiger partial charge in [-0.15, -0.1) is 0 Å². The van der Waals surface area contributed by atoms with Crippen LogP contribution in [0.25, 0.3) is 0 Å². The molecule has 4 heteroatoms. The largest absolute Gasteiger partial charge is 0.481 e. The van der Waals surface area contributed by atoms with Crippen LogP contribution in [0.5, 0.6) is 0 Å². The molecule has 4 nitrogen and oxygen atoms in total. The number of hydrogen-bond acceptors (Lipinski definition) is 3. The third-order valence-electron chi connectivity index (χ3n) is 3.08. The molecule has 1 saturated carbocycles. The summed E-state index contributed by atoms with van der Waals surface area (Å²) in [5.74, 6) is -0.783. The summed E-state index contributed by atoms with van der Waals surface area (Å²) in [7, 11) is 0. The van der Waals surface area contributed by atoms with Crippen LogP contribution < -0.4 is 5.73 Å². The minimum absolute atomic E-state index is 0.00886. The number of carbonyl (C=O) groups is 1. The van der Waals surface area contributed by atoms with Crippen molar-refractivity contribution in [1.29, 1.82) is 0 Å². The van der Waals surface area contributed by atoms with Crippen LogP contribution in [0.15, 0.2) is 18.3 Å². The molecule has 80 valence electrons. The molecule has 1 aliphatic rings. The molecule has 1 heterocycles. The maximum atomic E-state index is 11.3. The summed E-state index contributed by atoms with van der Waals surface area (Å²) in [6.07, 6.45) is 2.69. The molecule has 0 unspecified atom stereocenters. The number of hydrogen-bond donors (Lipinski definition) is 2. The maximum absolute atomic E-state index is 11.3. The molecule has 0 amide bonds. The van der Waals surface area contributed by atoms with Crippen molar-refractivity contribution in [3.05, 3.63) is 29.6 Å². The van der Waals surface area contributed by atoms with Gasteiger partial charge in [-0.3, -0.25) is 9.78 Å². The summed E-state index contributed by atoms with van der Waals surface area (Å²) < 4.78 is 0. The number of aromatic nitrogens is 1. The Morgan fingerprint density at radius 1 is 1.67 bits per heavy atom. The highest BCUT2D eigenvalue weighted by Crippen LogP contribution is 2.43. The van der Waals surface area contributed by atoms with Gasteiger partial charge in [0.05, 0.1) is 5.41 Å². The van der Waals surface area contributed by atoms with E-state index in [0.717, 1.165) is 11.3 Å². The van der Waals surface area contributed by atoms with Gasteiger partial charge in [0, 0.05) is 17.9 Å². The summed E-state index contributed by atoms with van der Waals surface area (Å²) in [6.45, 7) is 1.86. The Hall–Kier alpha value is -1.42. The first-order valence-electron chi connectivity index (χ1n) is 4.97. The first-order chi connectivity index (χ1) is 7.04. The highest BCUT2D eigenvalue weighted by atomic mass is 16.4. The van der Waals surface area contributed by atoms with Crippen molar-refractivity contribution < 1.29 is 9.90 Å². The van der Waals surface area contributed by atoms with Gasteiger partial charge in [0.2, 0.25) is 0 Å². The number of carboxylic acid groups (broad SMARTS) is 1. The fraction of sp³-hybridized carbons (Fsp3) is 0.455. The first-order valence-corrected chi connectivity index (χ1v) is 4.97. The maximum Gasteiger partial charge on any atom is 0.314 e. The van der Waals surface area contributed by atoms with Crippen LogP contribution in [0.2, 0.25) is 0 Å². The lowest BCUT2D eigenvalue weighted by Gasteiger charge is -2.43. The molecule has 0 saturated heterocycles. The number of rotatable bonds is 2. The number of nitrogens with zero attached hydrogens (tertiary/aromatic N) is 1. The van der Waals surface area contributed by atoms with Gasteiger partial charge in [-0.05, 0) is 37.5 Å². The van der Waals surface area contributed by atoms with Gasteiger partial charge in [-0.1, -0.05) is 0 Å². The Morgan fingerprint density at radius 2 is 2.33 bits per heavy atom. The SMILES string of the molecule is Cc1cc(C2(C(=O)O)CC(N)C2)ccn1. The molecule has 1 fully saturated rings. The van der Waals surface area contributed by atoms with Crippen molar-refractivity contribution >= 4 is 5.97 Å². The second-order valence-electron chi connectivity index (χ2n) is 4.24. The predicted molar refractivity (Wildman–Crippen MR) is 55.5 cm³/mol. The van der Waals surface area contributed by atoms with E-state index in [0.29, 0.717) is 12.8 Å².